The lowest BCUT2D eigenvalue weighted by Crippen LogP contribution is -2.60. The van der Waals surface area contributed by atoms with Crippen LogP contribution in [-0.2, 0) is 6.54 Å². The standard InChI is InChI=1S/C19H22ClF2N4O/c1-13-9-24-17(25-10-13)11-26(6-4-19(22,12-23)5-7-26)18(27)14-2-3-16(21)15(20)8-14/h2-3,8-10H,4-7,11-12,23H2,1H3/q+1. The van der Waals surface area contributed by atoms with Gasteiger partial charge in [-0.3, -0.25) is 0 Å². The Hall–Kier alpha value is -1.96. The van der Waals surface area contributed by atoms with Crippen molar-refractivity contribution in [3.05, 3.63) is 58.4 Å². The van der Waals surface area contributed by atoms with Crippen molar-refractivity contribution in [2.45, 2.75) is 32.0 Å². The van der Waals surface area contributed by atoms with Crippen molar-refractivity contribution in [1.82, 2.24) is 9.97 Å². The summed E-state index contributed by atoms with van der Waals surface area (Å²) in [5, 5.41) is -0.121. The minimum absolute atomic E-state index is 0.0449. The summed E-state index contributed by atoms with van der Waals surface area (Å²) in [6.07, 6.45) is 3.69. The van der Waals surface area contributed by atoms with E-state index in [1.54, 1.807) is 12.4 Å². The molecule has 27 heavy (non-hydrogen) atoms. The highest BCUT2D eigenvalue weighted by atomic mass is 35.5. The number of amides is 1. The van der Waals surface area contributed by atoms with E-state index >= 15 is 0 Å². The summed E-state index contributed by atoms with van der Waals surface area (Å²) >= 11 is 5.85. The van der Waals surface area contributed by atoms with Gasteiger partial charge in [0.05, 0.1) is 23.7 Å². The molecule has 1 saturated heterocycles. The molecule has 1 aromatic carbocycles. The number of hydrogen-bond acceptors (Lipinski definition) is 4. The van der Waals surface area contributed by atoms with Crippen LogP contribution in [0.15, 0.2) is 30.6 Å². The molecule has 2 heterocycles. The second-order valence-electron chi connectivity index (χ2n) is 7.22. The average molecular weight is 396 g/mol. The minimum atomic E-state index is -1.48. The number of carbonyl (C=O) groups excluding carboxylic acids is 1. The second-order valence-corrected chi connectivity index (χ2v) is 7.62. The first kappa shape index (κ1) is 19.8. The maximum Gasteiger partial charge on any atom is 0.346 e. The van der Waals surface area contributed by atoms with Gasteiger partial charge in [0.1, 0.15) is 18.0 Å². The average Bonchev–Trinajstić information content (AvgIpc) is 2.67. The number of piperidine rings is 1. The van der Waals surface area contributed by atoms with Gasteiger partial charge in [-0.25, -0.2) is 28.0 Å². The van der Waals surface area contributed by atoms with Crippen LogP contribution in [0.2, 0.25) is 5.02 Å². The smallest absolute Gasteiger partial charge is 0.328 e. The van der Waals surface area contributed by atoms with Gasteiger partial charge in [-0.05, 0) is 30.7 Å². The second kappa shape index (κ2) is 7.58. The first-order chi connectivity index (χ1) is 12.8. The first-order valence-corrected chi connectivity index (χ1v) is 9.17. The van der Waals surface area contributed by atoms with Crippen LogP contribution >= 0.6 is 11.6 Å². The van der Waals surface area contributed by atoms with Gasteiger partial charge >= 0.3 is 5.91 Å². The third kappa shape index (κ3) is 4.15. The van der Waals surface area contributed by atoms with Gasteiger partial charge in [0, 0.05) is 31.8 Å². The van der Waals surface area contributed by atoms with E-state index in [9.17, 15) is 13.6 Å². The molecule has 0 aliphatic carbocycles. The number of benzene rings is 1. The van der Waals surface area contributed by atoms with Gasteiger partial charge in [0.2, 0.25) is 0 Å². The lowest BCUT2D eigenvalue weighted by molar-refractivity contribution is -0.870. The number of nitrogens with two attached hydrogens (primary N) is 1. The number of alkyl halides is 1. The van der Waals surface area contributed by atoms with Gasteiger partial charge < -0.3 is 5.73 Å². The molecule has 0 radical (unpaired) electrons. The fourth-order valence-electron chi connectivity index (χ4n) is 3.38. The fraction of sp³-hybridized carbons (Fsp3) is 0.421. The molecule has 2 N–H and O–H groups in total. The van der Waals surface area contributed by atoms with Gasteiger partial charge in [-0.15, -0.1) is 0 Å². The van der Waals surface area contributed by atoms with E-state index in [1.165, 1.54) is 12.1 Å². The lowest BCUT2D eigenvalue weighted by Gasteiger charge is -2.42. The zero-order chi connectivity index (χ0) is 19.7. The molecule has 0 unspecified atom stereocenters. The number of quaternary nitrogens is 1. The quantitative estimate of drug-likeness (QED) is 0.807. The van der Waals surface area contributed by atoms with Crippen LogP contribution in [0, 0.1) is 12.7 Å². The number of aryl methyl sites for hydroxylation is 1. The number of hydrogen-bond donors (Lipinski definition) is 1. The first-order valence-electron chi connectivity index (χ1n) is 8.79. The van der Waals surface area contributed by atoms with Gasteiger partial charge in [-0.2, -0.15) is 0 Å². The zero-order valence-corrected chi connectivity index (χ0v) is 15.8. The number of likely N-dealkylation sites (tertiary alicyclic amines) is 1. The Morgan fingerprint density at radius 3 is 2.48 bits per heavy atom. The largest absolute Gasteiger partial charge is 0.346 e. The van der Waals surface area contributed by atoms with E-state index in [0.717, 1.165) is 11.6 Å². The highest BCUT2D eigenvalue weighted by Crippen LogP contribution is 2.33. The molecular formula is C19H22ClF2N4O+. The molecule has 1 aliphatic heterocycles. The zero-order valence-electron chi connectivity index (χ0n) is 15.1. The van der Waals surface area contributed by atoms with Crippen molar-refractivity contribution >= 4 is 17.5 Å². The summed E-state index contributed by atoms with van der Waals surface area (Å²) in [5.41, 5.74) is 5.29. The van der Waals surface area contributed by atoms with E-state index in [-0.39, 0.29) is 60.0 Å². The molecule has 5 nitrogen and oxygen atoms in total. The molecule has 0 saturated carbocycles. The van der Waals surface area contributed by atoms with Crippen LogP contribution in [0.1, 0.15) is 34.6 Å². The molecule has 1 aromatic heterocycles. The Bertz CT molecular complexity index is 836. The highest BCUT2D eigenvalue weighted by Gasteiger charge is 2.47. The normalized spacial score (nSPS) is 25.4. The molecule has 144 valence electrons. The van der Waals surface area contributed by atoms with Crippen LogP contribution in [0.5, 0.6) is 0 Å². The number of halogens is 3. The van der Waals surface area contributed by atoms with Gasteiger partial charge in [-0.1, -0.05) is 11.6 Å². The monoisotopic (exact) mass is 395 g/mol. The molecule has 3 rings (SSSR count). The Morgan fingerprint density at radius 2 is 1.93 bits per heavy atom. The molecule has 8 heteroatoms. The number of carbonyl (C=O) groups is 1. The summed E-state index contributed by atoms with van der Waals surface area (Å²) in [6, 6.07) is 3.88. The predicted octanol–water partition coefficient (Wildman–Crippen LogP) is 3.20. The summed E-state index contributed by atoms with van der Waals surface area (Å²) in [4.78, 5) is 21.9. The number of aromatic nitrogens is 2. The Labute approximate surface area is 161 Å². The highest BCUT2D eigenvalue weighted by molar-refractivity contribution is 6.31. The molecule has 1 fully saturated rings. The van der Waals surface area contributed by atoms with Gasteiger partial charge in [0.15, 0.2) is 5.82 Å². The van der Waals surface area contributed by atoms with Crippen molar-refractivity contribution in [2.75, 3.05) is 19.6 Å². The SMILES string of the molecule is Cc1cnc(C[N+]2(C(=O)c3ccc(F)c(Cl)c3)CCC(F)(CN)CC2)nc1. The van der Waals surface area contributed by atoms with Crippen LogP contribution < -0.4 is 5.73 Å². The Morgan fingerprint density at radius 1 is 1.30 bits per heavy atom. The molecule has 0 bridgehead atoms. The van der Waals surface area contributed by atoms with E-state index in [0.29, 0.717) is 5.82 Å². The molecule has 1 amide bonds. The molecule has 0 atom stereocenters. The van der Waals surface area contributed by atoms with E-state index in [4.69, 9.17) is 17.3 Å². The fourth-order valence-corrected chi connectivity index (χ4v) is 3.56. The van der Waals surface area contributed by atoms with Crippen molar-refractivity contribution < 1.29 is 18.1 Å². The summed E-state index contributed by atoms with van der Waals surface area (Å²) in [6.45, 7) is 2.55. The third-order valence-electron chi connectivity index (χ3n) is 5.22. The molecular weight excluding hydrogens is 374 g/mol. The number of nitrogens with zero attached hydrogens (tertiary/aromatic N) is 3. The number of rotatable bonds is 4. The molecule has 1 aliphatic rings. The third-order valence-corrected chi connectivity index (χ3v) is 5.51. The maximum absolute atomic E-state index is 14.7. The predicted molar refractivity (Wildman–Crippen MR) is 98.3 cm³/mol. The van der Waals surface area contributed by atoms with E-state index < -0.39 is 11.5 Å². The van der Waals surface area contributed by atoms with Crippen molar-refractivity contribution in [2.24, 2.45) is 5.73 Å². The molecule has 2 aromatic rings. The topological polar surface area (TPSA) is 68.9 Å². The summed E-state index contributed by atoms with van der Waals surface area (Å²) in [5.74, 6) is -0.340. The van der Waals surface area contributed by atoms with Crippen LogP contribution in [0.4, 0.5) is 8.78 Å². The van der Waals surface area contributed by atoms with E-state index in [1.807, 2.05) is 6.92 Å². The maximum atomic E-state index is 14.7. The lowest BCUT2D eigenvalue weighted by atomic mass is 9.90. The van der Waals surface area contributed by atoms with Crippen LogP contribution in [-0.4, -0.2) is 45.7 Å². The van der Waals surface area contributed by atoms with Gasteiger partial charge in [0.25, 0.3) is 0 Å². The summed E-state index contributed by atoms with van der Waals surface area (Å²) < 4.78 is 28.1. The van der Waals surface area contributed by atoms with Crippen molar-refractivity contribution in [3.8, 4) is 0 Å². The van der Waals surface area contributed by atoms with Crippen LogP contribution in [0.25, 0.3) is 0 Å². The van der Waals surface area contributed by atoms with E-state index in [2.05, 4.69) is 9.97 Å². The van der Waals surface area contributed by atoms with Crippen molar-refractivity contribution in [3.63, 3.8) is 0 Å². The Balaban J connectivity index is 1.95. The summed E-state index contributed by atoms with van der Waals surface area (Å²) in [7, 11) is 0. The van der Waals surface area contributed by atoms with Crippen LogP contribution in [0.3, 0.4) is 0 Å². The Kier molecular flexibility index (Phi) is 5.55. The minimum Gasteiger partial charge on any atom is -0.328 e. The van der Waals surface area contributed by atoms with Crippen molar-refractivity contribution in [1.29, 1.82) is 0 Å². The molecule has 0 spiro atoms.